The van der Waals surface area contributed by atoms with Crippen molar-refractivity contribution in [2.45, 2.75) is 31.8 Å². The fraction of sp³-hybridized carbons (Fsp3) is 0.917. The highest BCUT2D eigenvalue weighted by Gasteiger charge is 2.35. The SMILES string of the molecule is CC(C(=O)N(CCO)C1CC1)N1CCSCC1. The largest absolute Gasteiger partial charge is 0.395 e. The van der Waals surface area contributed by atoms with Crippen LogP contribution in [0, 0.1) is 0 Å². The van der Waals surface area contributed by atoms with E-state index in [1.807, 2.05) is 23.6 Å². The molecule has 1 aliphatic carbocycles. The van der Waals surface area contributed by atoms with Crippen LogP contribution in [0.1, 0.15) is 19.8 Å². The van der Waals surface area contributed by atoms with Crippen molar-refractivity contribution in [2.24, 2.45) is 0 Å². The third kappa shape index (κ3) is 3.36. The van der Waals surface area contributed by atoms with E-state index in [9.17, 15) is 4.79 Å². The summed E-state index contributed by atoms with van der Waals surface area (Å²) in [6, 6.07) is 0.374. The zero-order valence-electron chi connectivity index (χ0n) is 10.5. The van der Waals surface area contributed by atoms with Gasteiger partial charge in [0, 0.05) is 37.2 Å². The van der Waals surface area contributed by atoms with Crippen LogP contribution in [0.15, 0.2) is 0 Å². The van der Waals surface area contributed by atoms with Gasteiger partial charge in [-0.2, -0.15) is 11.8 Å². The first-order valence-electron chi connectivity index (χ1n) is 6.47. The van der Waals surface area contributed by atoms with Gasteiger partial charge >= 0.3 is 0 Å². The molecule has 1 saturated carbocycles. The number of nitrogens with zero attached hydrogens (tertiary/aromatic N) is 2. The first kappa shape index (κ1) is 13.2. The van der Waals surface area contributed by atoms with Gasteiger partial charge in [0.2, 0.25) is 5.91 Å². The number of hydrogen-bond donors (Lipinski definition) is 1. The molecule has 1 amide bonds. The molecule has 4 nitrogen and oxygen atoms in total. The first-order valence-corrected chi connectivity index (χ1v) is 7.62. The lowest BCUT2D eigenvalue weighted by Gasteiger charge is -2.34. The van der Waals surface area contributed by atoms with Crippen LogP contribution in [-0.2, 0) is 4.79 Å². The Hall–Kier alpha value is -0.260. The maximum absolute atomic E-state index is 12.4. The molecule has 0 bridgehead atoms. The number of aliphatic hydroxyl groups excluding tert-OH is 1. The van der Waals surface area contributed by atoms with Gasteiger partial charge in [0.25, 0.3) is 0 Å². The maximum Gasteiger partial charge on any atom is 0.239 e. The van der Waals surface area contributed by atoms with E-state index in [2.05, 4.69) is 4.90 Å². The minimum atomic E-state index is -0.0250. The molecular formula is C12H22N2O2S. The third-order valence-electron chi connectivity index (χ3n) is 3.56. The molecule has 2 aliphatic rings. The van der Waals surface area contributed by atoms with Crippen LogP contribution in [0.25, 0.3) is 0 Å². The van der Waals surface area contributed by atoms with Gasteiger partial charge in [-0.05, 0) is 19.8 Å². The Morgan fingerprint density at radius 2 is 2.12 bits per heavy atom. The van der Waals surface area contributed by atoms with Gasteiger partial charge < -0.3 is 10.0 Å². The van der Waals surface area contributed by atoms with Crippen molar-refractivity contribution in [3.63, 3.8) is 0 Å². The van der Waals surface area contributed by atoms with E-state index in [0.29, 0.717) is 12.6 Å². The van der Waals surface area contributed by atoms with E-state index in [0.717, 1.165) is 37.4 Å². The highest BCUT2D eigenvalue weighted by atomic mass is 32.2. The van der Waals surface area contributed by atoms with Crippen molar-refractivity contribution in [2.75, 3.05) is 37.7 Å². The van der Waals surface area contributed by atoms with Crippen molar-refractivity contribution < 1.29 is 9.90 Å². The van der Waals surface area contributed by atoms with Crippen LogP contribution in [0.2, 0.25) is 0 Å². The molecule has 0 spiro atoms. The van der Waals surface area contributed by atoms with E-state index in [1.165, 1.54) is 0 Å². The lowest BCUT2D eigenvalue weighted by molar-refractivity contribution is -0.137. The number of aliphatic hydroxyl groups is 1. The zero-order chi connectivity index (χ0) is 12.3. The zero-order valence-corrected chi connectivity index (χ0v) is 11.3. The fourth-order valence-corrected chi connectivity index (χ4v) is 3.26. The lowest BCUT2D eigenvalue weighted by Crippen LogP contribution is -2.51. The first-order chi connectivity index (χ1) is 8.24. The summed E-state index contributed by atoms with van der Waals surface area (Å²) in [5.41, 5.74) is 0. The Morgan fingerprint density at radius 1 is 1.47 bits per heavy atom. The second-order valence-corrected chi connectivity index (χ2v) is 6.04. The van der Waals surface area contributed by atoms with E-state index >= 15 is 0 Å². The van der Waals surface area contributed by atoms with Crippen LogP contribution in [0.4, 0.5) is 0 Å². The summed E-state index contributed by atoms with van der Waals surface area (Å²) in [4.78, 5) is 16.5. The second kappa shape index (κ2) is 6.07. The Balaban J connectivity index is 1.91. The summed E-state index contributed by atoms with van der Waals surface area (Å²) in [7, 11) is 0. The van der Waals surface area contributed by atoms with E-state index in [1.54, 1.807) is 0 Å². The molecule has 1 atom stereocenters. The van der Waals surface area contributed by atoms with Gasteiger partial charge in [-0.25, -0.2) is 0 Å². The van der Waals surface area contributed by atoms with E-state index in [4.69, 9.17) is 5.11 Å². The average molecular weight is 258 g/mol. The molecule has 98 valence electrons. The third-order valence-corrected chi connectivity index (χ3v) is 4.50. The summed E-state index contributed by atoms with van der Waals surface area (Å²) < 4.78 is 0. The quantitative estimate of drug-likeness (QED) is 0.775. The molecule has 0 aromatic rings. The fourth-order valence-electron chi connectivity index (χ4n) is 2.33. The molecule has 1 saturated heterocycles. The number of rotatable bonds is 5. The Morgan fingerprint density at radius 3 is 2.65 bits per heavy atom. The summed E-state index contributed by atoms with van der Waals surface area (Å²) in [5.74, 6) is 2.45. The van der Waals surface area contributed by atoms with Crippen molar-refractivity contribution in [3.05, 3.63) is 0 Å². The highest BCUT2D eigenvalue weighted by molar-refractivity contribution is 7.99. The van der Waals surface area contributed by atoms with Gasteiger partial charge in [0.15, 0.2) is 0 Å². The van der Waals surface area contributed by atoms with Gasteiger partial charge in [-0.15, -0.1) is 0 Å². The van der Waals surface area contributed by atoms with Crippen molar-refractivity contribution in [1.29, 1.82) is 0 Å². The molecule has 1 N–H and O–H groups in total. The highest BCUT2D eigenvalue weighted by Crippen LogP contribution is 2.27. The van der Waals surface area contributed by atoms with Crippen LogP contribution >= 0.6 is 11.8 Å². The summed E-state index contributed by atoms with van der Waals surface area (Å²) in [5, 5.41) is 9.04. The molecular weight excluding hydrogens is 236 g/mol. The topological polar surface area (TPSA) is 43.8 Å². The van der Waals surface area contributed by atoms with Crippen LogP contribution in [0.3, 0.4) is 0 Å². The molecule has 1 heterocycles. The molecule has 0 aromatic carbocycles. The number of carbonyl (C=O) groups excluding carboxylic acids is 1. The van der Waals surface area contributed by atoms with Crippen molar-refractivity contribution in [1.82, 2.24) is 9.80 Å². The minimum absolute atomic E-state index is 0.0250. The Labute approximate surface area is 107 Å². The molecule has 5 heteroatoms. The smallest absolute Gasteiger partial charge is 0.239 e. The number of carbonyl (C=O) groups is 1. The molecule has 0 aromatic heterocycles. The van der Waals surface area contributed by atoms with E-state index < -0.39 is 0 Å². The number of amides is 1. The van der Waals surface area contributed by atoms with Crippen LogP contribution < -0.4 is 0 Å². The van der Waals surface area contributed by atoms with Crippen LogP contribution in [0.5, 0.6) is 0 Å². The molecule has 2 fully saturated rings. The monoisotopic (exact) mass is 258 g/mol. The molecule has 17 heavy (non-hydrogen) atoms. The van der Waals surface area contributed by atoms with E-state index in [-0.39, 0.29) is 18.6 Å². The maximum atomic E-state index is 12.4. The van der Waals surface area contributed by atoms with Crippen molar-refractivity contribution in [3.8, 4) is 0 Å². The Bertz CT molecular complexity index is 265. The van der Waals surface area contributed by atoms with Gasteiger partial charge in [-0.1, -0.05) is 0 Å². The number of hydrogen-bond acceptors (Lipinski definition) is 4. The standard InChI is InChI=1S/C12H22N2O2S/c1-10(13-5-8-17-9-6-13)12(16)14(4-7-15)11-2-3-11/h10-11,15H,2-9H2,1H3. The second-order valence-electron chi connectivity index (χ2n) is 4.81. The predicted octanol–water partition coefficient (Wildman–Crippen LogP) is 0.407. The molecule has 2 rings (SSSR count). The van der Waals surface area contributed by atoms with Crippen molar-refractivity contribution >= 4 is 17.7 Å². The van der Waals surface area contributed by atoms with Crippen LogP contribution in [-0.4, -0.2) is 70.6 Å². The lowest BCUT2D eigenvalue weighted by atomic mass is 10.2. The Kier molecular flexibility index (Phi) is 4.70. The molecule has 0 radical (unpaired) electrons. The van der Waals surface area contributed by atoms with Gasteiger partial charge in [0.05, 0.1) is 12.6 Å². The molecule has 1 unspecified atom stereocenters. The minimum Gasteiger partial charge on any atom is -0.395 e. The average Bonchev–Trinajstić information content (AvgIpc) is 3.19. The number of thioether (sulfide) groups is 1. The van der Waals surface area contributed by atoms with Gasteiger partial charge in [0.1, 0.15) is 0 Å². The summed E-state index contributed by atoms with van der Waals surface area (Å²) in [6.07, 6.45) is 2.21. The molecule has 1 aliphatic heterocycles. The summed E-state index contributed by atoms with van der Waals surface area (Å²) >= 11 is 1.96. The predicted molar refractivity (Wildman–Crippen MR) is 70.2 cm³/mol. The van der Waals surface area contributed by atoms with Gasteiger partial charge in [-0.3, -0.25) is 9.69 Å². The normalized spacial score (nSPS) is 23.4. The summed E-state index contributed by atoms with van der Waals surface area (Å²) in [6.45, 7) is 4.59.